The van der Waals surface area contributed by atoms with Crippen molar-refractivity contribution in [3.8, 4) is 0 Å². The molecule has 3 N–H and O–H groups in total. The molecule has 0 bridgehead atoms. The number of nitrogens with one attached hydrogen (secondary N) is 1. The highest BCUT2D eigenvalue weighted by molar-refractivity contribution is 7.89. The van der Waals surface area contributed by atoms with Gasteiger partial charge in [-0.1, -0.05) is 0 Å². The summed E-state index contributed by atoms with van der Waals surface area (Å²) in [6.07, 6.45) is 1.32. The highest BCUT2D eigenvalue weighted by atomic mass is 32.2. The largest absolute Gasteiger partial charge is 0.336 e. The van der Waals surface area contributed by atoms with Crippen LogP contribution in [-0.4, -0.2) is 68.2 Å². The average Bonchev–Trinajstić information content (AvgIpc) is 2.71. The van der Waals surface area contributed by atoms with Crippen LogP contribution in [0.25, 0.3) is 0 Å². The molecular formula is C10H20N4O3S. The van der Waals surface area contributed by atoms with E-state index in [2.05, 4.69) is 5.32 Å². The van der Waals surface area contributed by atoms with Gasteiger partial charge in [-0.15, -0.1) is 0 Å². The van der Waals surface area contributed by atoms with Crippen molar-refractivity contribution < 1.29 is 13.2 Å². The first-order chi connectivity index (χ1) is 8.54. The van der Waals surface area contributed by atoms with Gasteiger partial charge in [-0.3, -0.25) is 0 Å². The molecule has 7 nitrogen and oxygen atoms in total. The summed E-state index contributed by atoms with van der Waals surface area (Å²) in [5.74, 6) is 0.151. The minimum Gasteiger partial charge on any atom is -0.336 e. The number of carbonyl (C=O) groups is 1. The quantitative estimate of drug-likeness (QED) is 0.614. The average molecular weight is 276 g/mol. The highest BCUT2D eigenvalue weighted by Gasteiger charge is 2.38. The lowest BCUT2D eigenvalue weighted by Crippen LogP contribution is -2.54. The van der Waals surface area contributed by atoms with E-state index in [1.165, 1.54) is 4.31 Å². The molecule has 8 heteroatoms. The molecule has 1 atom stereocenters. The maximum Gasteiger partial charge on any atom is 0.317 e. The molecule has 2 rings (SSSR count). The van der Waals surface area contributed by atoms with Crippen molar-refractivity contribution in [2.45, 2.75) is 18.9 Å². The molecule has 0 aromatic carbocycles. The predicted molar refractivity (Wildman–Crippen MR) is 67.5 cm³/mol. The van der Waals surface area contributed by atoms with Crippen LogP contribution < -0.4 is 11.1 Å². The van der Waals surface area contributed by atoms with Crippen molar-refractivity contribution in [2.24, 2.45) is 5.73 Å². The summed E-state index contributed by atoms with van der Waals surface area (Å²) in [7, 11) is -3.20. The van der Waals surface area contributed by atoms with Crippen molar-refractivity contribution in [3.63, 3.8) is 0 Å². The Hall–Kier alpha value is -0.860. The fourth-order valence-corrected chi connectivity index (χ4v) is 3.97. The summed E-state index contributed by atoms with van der Waals surface area (Å²) < 4.78 is 25.7. The van der Waals surface area contributed by atoms with Crippen LogP contribution in [0.1, 0.15) is 12.8 Å². The molecule has 1 unspecified atom stereocenters. The second-order valence-electron chi connectivity index (χ2n) is 4.70. The Balaban J connectivity index is 1.93. The molecule has 0 radical (unpaired) electrons. The van der Waals surface area contributed by atoms with Crippen LogP contribution >= 0.6 is 0 Å². The van der Waals surface area contributed by atoms with Crippen LogP contribution in [-0.2, 0) is 10.0 Å². The second-order valence-corrected chi connectivity index (χ2v) is 6.79. The number of amides is 2. The zero-order chi connectivity index (χ0) is 13.2. The molecule has 0 spiro atoms. The van der Waals surface area contributed by atoms with Crippen molar-refractivity contribution in [3.05, 3.63) is 0 Å². The third-order valence-corrected chi connectivity index (χ3v) is 5.37. The van der Waals surface area contributed by atoms with E-state index in [9.17, 15) is 13.2 Å². The van der Waals surface area contributed by atoms with E-state index in [0.717, 1.165) is 6.42 Å². The van der Waals surface area contributed by atoms with Crippen LogP contribution in [0.4, 0.5) is 4.79 Å². The third kappa shape index (κ3) is 2.76. The Kier molecular flexibility index (Phi) is 4.08. The molecule has 2 heterocycles. The normalized spacial score (nSPS) is 25.1. The number of unbranched alkanes of at least 4 members (excludes halogenated alkanes) is 1. The number of sulfonamides is 1. The van der Waals surface area contributed by atoms with Gasteiger partial charge < -0.3 is 16.0 Å². The van der Waals surface area contributed by atoms with Crippen LogP contribution in [0, 0.1) is 0 Å². The van der Waals surface area contributed by atoms with Crippen molar-refractivity contribution >= 4 is 16.1 Å². The first kappa shape index (κ1) is 13.6. The minimum atomic E-state index is -3.20. The predicted octanol–water partition coefficient (Wildman–Crippen LogP) is -1.24. The summed E-state index contributed by atoms with van der Waals surface area (Å²) in [6.45, 7) is 2.34. The zero-order valence-electron chi connectivity index (χ0n) is 10.3. The number of hydrogen-bond donors (Lipinski definition) is 2. The van der Waals surface area contributed by atoms with Gasteiger partial charge in [0.25, 0.3) is 0 Å². The Labute approximate surface area is 107 Å². The van der Waals surface area contributed by atoms with Crippen LogP contribution in [0.15, 0.2) is 0 Å². The molecule has 0 aliphatic carbocycles. The number of hydrogen-bond acceptors (Lipinski definition) is 4. The molecule has 104 valence electrons. The van der Waals surface area contributed by atoms with Gasteiger partial charge in [0.2, 0.25) is 10.0 Å². The minimum absolute atomic E-state index is 0.0180. The zero-order valence-corrected chi connectivity index (χ0v) is 11.2. The second kappa shape index (κ2) is 5.41. The van der Waals surface area contributed by atoms with E-state index < -0.39 is 10.0 Å². The van der Waals surface area contributed by atoms with E-state index in [0.29, 0.717) is 39.1 Å². The van der Waals surface area contributed by atoms with Gasteiger partial charge in [0.1, 0.15) is 0 Å². The molecule has 2 saturated heterocycles. The van der Waals surface area contributed by atoms with Gasteiger partial charge >= 0.3 is 6.03 Å². The van der Waals surface area contributed by atoms with Crippen LogP contribution in [0.3, 0.4) is 0 Å². The molecule has 0 aromatic rings. The number of nitrogens with two attached hydrogens (primary N) is 1. The lowest BCUT2D eigenvalue weighted by molar-refractivity contribution is 0.164. The van der Waals surface area contributed by atoms with Crippen LogP contribution in [0.2, 0.25) is 0 Å². The van der Waals surface area contributed by atoms with E-state index in [1.807, 2.05) is 0 Å². The summed E-state index contributed by atoms with van der Waals surface area (Å²) in [6, 6.07) is -0.101. The van der Waals surface area contributed by atoms with Gasteiger partial charge in [0.05, 0.1) is 11.8 Å². The van der Waals surface area contributed by atoms with Gasteiger partial charge in [0.15, 0.2) is 0 Å². The Morgan fingerprint density at radius 2 is 2.11 bits per heavy atom. The van der Waals surface area contributed by atoms with Gasteiger partial charge in [0, 0.05) is 26.2 Å². The maximum atomic E-state index is 12.1. The molecule has 0 saturated carbocycles. The topological polar surface area (TPSA) is 95.7 Å². The monoisotopic (exact) mass is 276 g/mol. The molecule has 2 fully saturated rings. The fraction of sp³-hybridized carbons (Fsp3) is 0.900. The van der Waals surface area contributed by atoms with Gasteiger partial charge in [-0.25, -0.2) is 13.2 Å². The summed E-state index contributed by atoms with van der Waals surface area (Å²) >= 11 is 0. The molecule has 2 aliphatic heterocycles. The molecule has 18 heavy (non-hydrogen) atoms. The molecular weight excluding hydrogens is 256 g/mol. The summed E-state index contributed by atoms with van der Waals surface area (Å²) in [4.78, 5) is 13.1. The fourth-order valence-electron chi connectivity index (χ4n) is 2.39. The summed E-state index contributed by atoms with van der Waals surface area (Å²) in [5.41, 5.74) is 5.36. The number of nitrogens with zero attached hydrogens (tertiary/aromatic N) is 2. The number of fused-ring (bicyclic) bond motifs is 1. The van der Waals surface area contributed by atoms with Crippen molar-refractivity contribution in [1.82, 2.24) is 14.5 Å². The van der Waals surface area contributed by atoms with E-state index in [-0.39, 0.29) is 17.8 Å². The number of carbonyl (C=O) groups excluding carboxylic acids is 1. The van der Waals surface area contributed by atoms with E-state index in [4.69, 9.17) is 5.73 Å². The van der Waals surface area contributed by atoms with Crippen molar-refractivity contribution in [2.75, 3.05) is 38.5 Å². The van der Waals surface area contributed by atoms with Gasteiger partial charge in [-0.05, 0) is 19.4 Å². The van der Waals surface area contributed by atoms with E-state index in [1.54, 1.807) is 4.90 Å². The number of rotatable bonds is 5. The first-order valence-corrected chi connectivity index (χ1v) is 7.88. The Bertz CT molecular complexity index is 411. The molecule has 2 aliphatic rings. The van der Waals surface area contributed by atoms with Crippen LogP contribution in [0.5, 0.6) is 0 Å². The Morgan fingerprint density at radius 1 is 1.33 bits per heavy atom. The molecule has 0 aromatic heterocycles. The number of piperazine rings is 1. The number of urea groups is 1. The van der Waals surface area contributed by atoms with E-state index >= 15 is 0 Å². The lowest BCUT2D eigenvalue weighted by atomic mass is 10.2. The standard InChI is InChI=1S/C10H20N4O3S/c11-3-1-2-6-18(16,17)13-4-5-14-9(8-13)7-12-10(14)15/h9H,1-8,11H2,(H,12,15). The lowest BCUT2D eigenvalue weighted by Gasteiger charge is -2.35. The van der Waals surface area contributed by atoms with Gasteiger partial charge in [-0.2, -0.15) is 4.31 Å². The Morgan fingerprint density at radius 3 is 2.83 bits per heavy atom. The smallest absolute Gasteiger partial charge is 0.317 e. The molecule has 2 amide bonds. The highest BCUT2D eigenvalue weighted by Crippen LogP contribution is 2.17. The summed E-state index contributed by atoms with van der Waals surface area (Å²) in [5, 5.41) is 2.73. The first-order valence-electron chi connectivity index (χ1n) is 6.27. The third-order valence-electron chi connectivity index (χ3n) is 3.45. The maximum absolute atomic E-state index is 12.1. The van der Waals surface area contributed by atoms with Crippen molar-refractivity contribution in [1.29, 1.82) is 0 Å². The SMILES string of the molecule is NCCCCS(=O)(=O)N1CCN2C(=O)NCC2C1.